The van der Waals surface area contributed by atoms with Gasteiger partial charge >= 0.3 is 0 Å². The molecule has 0 bridgehead atoms. The number of hydrogen-bond acceptors (Lipinski definition) is 6. The van der Waals surface area contributed by atoms with E-state index in [0.29, 0.717) is 27.3 Å². The second kappa shape index (κ2) is 8.79. The first-order valence-electron chi connectivity index (χ1n) is 9.71. The monoisotopic (exact) mass is 502 g/mol. The molecule has 0 aliphatic rings. The van der Waals surface area contributed by atoms with Crippen molar-refractivity contribution in [3.8, 4) is 21.7 Å². The van der Waals surface area contributed by atoms with Crippen LogP contribution in [0.3, 0.4) is 0 Å². The zero-order valence-electron chi connectivity index (χ0n) is 17.4. The molecule has 4 aromatic rings. The average molecular weight is 503 g/mol. The summed E-state index contributed by atoms with van der Waals surface area (Å²) in [6, 6.07) is 18.5. The molecule has 1 aromatic heterocycles. The zero-order chi connectivity index (χ0) is 23.8. The Kier molecular flexibility index (Phi) is 6.19. The van der Waals surface area contributed by atoms with Crippen LogP contribution in [-0.4, -0.2) is 21.8 Å². The molecule has 6 nitrogen and oxygen atoms in total. The van der Waals surface area contributed by atoms with Gasteiger partial charge in [-0.2, -0.15) is 0 Å². The van der Waals surface area contributed by atoms with Gasteiger partial charge in [0.1, 0.15) is 5.82 Å². The largest absolute Gasteiger partial charge is 0.238 e. The number of benzene rings is 3. The fraction of sp³-hybridized carbons (Fsp3) is 0.0870. The molecule has 0 saturated heterocycles. The molecule has 4 rings (SSSR count). The molecule has 0 fully saturated rings. The van der Waals surface area contributed by atoms with Crippen LogP contribution in [0, 0.1) is 12.7 Å². The Bertz CT molecular complexity index is 1510. The van der Waals surface area contributed by atoms with Gasteiger partial charge in [-0.25, -0.2) is 31.3 Å². The van der Waals surface area contributed by atoms with E-state index < -0.39 is 25.7 Å². The highest BCUT2D eigenvalue weighted by Crippen LogP contribution is 2.39. The number of nitrogens with zero attached hydrogens (tertiary/aromatic N) is 1. The van der Waals surface area contributed by atoms with Crippen LogP contribution in [-0.2, 0) is 25.6 Å². The van der Waals surface area contributed by atoms with E-state index >= 15 is 0 Å². The van der Waals surface area contributed by atoms with Crippen molar-refractivity contribution < 1.29 is 21.2 Å². The minimum absolute atomic E-state index is 0.0636. The highest BCUT2D eigenvalue weighted by Gasteiger charge is 2.25. The third kappa shape index (κ3) is 5.19. The van der Waals surface area contributed by atoms with Gasteiger partial charge in [0.2, 0.25) is 24.2 Å². The van der Waals surface area contributed by atoms with Crippen LogP contribution in [0.4, 0.5) is 4.39 Å². The number of sulfone groups is 1. The van der Waals surface area contributed by atoms with Crippen molar-refractivity contribution in [1.82, 2.24) is 4.98 Å². The molecule has 170 valence electrons. The molecule has 0 unspecified atom stereocenters. The summed E-state index contributed by atoms with van der Waals surface area (Å²) in [4.78, 5) is 4.86. The van der Waals surface area contributed by atoms with Crippen molar-refractivity contribution in [2.24, 2.45) is 5.14 Å². The number of thiazole rings is 1. The first kappa shape index (κ1) is 23.2. The second-order valence-electron chi connectivity index (χ2n) is 7.48. The van der Waals surface area contributed by atoms with Crippen LogP contribution < -0.4 is 5.14 Å². The number of hydrogen-bond donors (Lipinski definition) is 1. The van der Waals surface area contributed by atoms with Crippen LogP contribution in [0.1, 0.15) is 11.1 Å². The van der Waals surface area contributed by atoms with Gasteiger partial charge in [0.25, 0.3) is 0 Å². The standard InChI is InChI=1S/C23H19FN2O4S3/c1-15-2-4-16(5-3-15)14-32(27,28)23-26-21(17-6-10-19(24)11-7-17)22(31-23)18-8-12-20(13-9-18)33(25,29)30/h2-13H,14H2,1H3,(H2,25,29,30). The Morgan fingerprint density at radius 1 is 0.848 bits per heavy atom. The Morgan fingerprint density at radius 2 is 1.42 bits per heavy atom. The van der Waals surface area contributed by atoms with Crippen molar-refractivity contribution in [2.75, 3.05) is 0 Å². The summed E-state index contributed by atoms with van der Waals surface area (Å²) in [5.74, 6) is -0.645. The van der Waals surface area contributed by atoms with E-state index in [0.717, 1.165) is 16.9 Å². The van der Waals surface area contributed by atoms with Crippen LogP contribution in [0.25, 0.3) is 21.7 Å². The van der Waals surface area contributed by atoms with Crippen LogP contribution >= 0.6 is 11.3 Å². The molecule has 10 heteroatoms. The highest BCUT2D eigenvalue weighted by molar-refractivity contribution is 7.92. The Balaban J connectivity index is 1.81. The van der Waals surface area contributed by atoms with Gasteiger partial charge in [-0.1, -0.05) is 42.0 Å². The lowest BCUT2D eigenvalue weighted by molar-refractivity contribution is 0.593. The summed E-state index contributed by atoms with van der Waals surface area (Å²) in [6.07, 6.45) is 0. The molecule has 0 aliphatic heterocycles. The maximum Gasteiger partial charge on any atom is 0.238 e. The van der Waals surface area contributed by atoms with E-state index in [2.05, 4.69) is 4.98 Å². The molecule has 2 N–H and O–H groups in total. The third-order valence-corrected chi connectivity index (χ3v) is 9.09. The van der Waals surface area contributed by atoms with Gasteiger partial charge in [-0.05, 0) is 54.4 Å². The van der Waals surface area contributed by atoms with Crippen molar-refractivity contribution in [1.29, 1.82) is 0 Å². The fourth-order valence-electron chi connectivity index (χ4n) is 3.19. The lowest BCUT2D eigenvalue weighted by Crippen LogP contribution is -2.11. The third-order valence-electron chi connectivity index (χ3n) is 4.91. The SMILES string of the molecule is Cc1ccc(CS(=O)(=O)c2nc(-c3ccc(F)cc3)c(-c3ccc(S(N)(=O)=O)cc3)s2)cc1. The summed E-state index contributed by atoms with van der Waals surface area (Å²) >= 11 is 0.981. The normalized spacial score (nSPS) is 12.1. The minimum Gasteiger partial charge on any atom is -0.225 e. The van der Waals surface area contributed by atoms with Gasteiger partial charge in [0, 0.05) is 5.56 Å². The number of sulfonamides is 1. The lowest BCUT2D eigenvalue weighted by atomic mass is 10.1. The van der Waals surface area contributed by atoms with Crippen LogP contribution in [0.2, 0.25) is 0 Å². The van der Waals surface area contributed by atoms with Crippen molar-refractivity contribution in [3.05, 3.63) is 89.7 Å². The number of aromatic nitrogens is 1. The Hall–Kier alpha value is -2.92. The molecule has 0 spiro atoms. The van der Waals surface area contributed by atoms with E-state index in [9.17, 15) is 21.2 Å². The molecule has 3 aromatic carbocycles. The van der Waals surface area contributed by atoms with E-state index in [-0.39, 0.29) is 15.0 Å². The zero-order valence-corrected chi connectivity index (χ0v) is 19.8. The topological polar surface area (TPSA) is 107 Å². The number of nitrogens with two attached hydrogens (primary N) is 1. The molecule has 0 atom stereocenters. The van der Waals surface area contributed by atoms with Crippen LogP contribution in [0.15, 0.2) is 82.0 Å². The minimum atomic E-state index is -3.87. The predicted molar refractivity (Wildman–Crippen MR) is 126 cm³/mol. The number of primary sulfonamides is 1. The lowest BCUT2D eigenvalue weighted by Gasteiger charge is -2.04. The van der Waals surface area contributed by atoms with Crippen molar-refractivity contribution >= 4 is 31.2 Å². The molecule has 1 heterocycles. The Labute approximate surface area is 195 Å². The number of rotatable bonds is 6. The molecule has 0 saturated carbocycles. The van der Waals surface area contributed by atoms with Gasteiger partial charge in [-0.3, -0.25) is 0 Å². The van der Waals surface area contributed by atoms with Gasteiger partial charge < -0.3 is 0 Å². The van der Waals surface area contributed by atoms with Crippen molar-refractivity contribution in [2.45, 2.75) is 21.9 Å². The summed E-state index contributed by atoms with van der Waals surface area (Å²) in [6.45, 7) is 1.92. The van der Waals surface area contributed by atoms with E-state index in [1.54, 1.807) is 12.1 Å². The summed E-state index contributed by atoms with van der Waals surface area (Å²) in [5, 5.41) is 5.17. The first-order valence-corrected chi connectivity index (χ1v) is 13.7. The average Bonchev–Trinajstić information content (AvgIpc) is 3.22. The van der Waals surface area contributed by atoms with Gasteiger partial charge in [0.05, 0.1) is 21.2 Å². The second-order valence-corrected chi connectivity index (χ2v) is 12.2. The summed E-state index contributed by atoms with van der Waals surface area (Å²) in [7, 11) is -7.64. The smallest absolute Gasteiger partial charge is 0.225 e. The van der Waals surface area contributed by atoms with E-state index in [1.807, 2.05) is 19.1 Å². The van der Waals surface area contributed by atoms with Gasteiger partial charge in [-0.15, -0.1) is 11.3 Å². The fourth-order valence-corrected chi connectivity index (χ4v) is 6.45. The number of aryl methyl sites for hydroxylation is 1. The Morgan fingerprint density at radius 3 is 2.00 bits per heavy atom. The molecular weight excluding hydrogens is 483 g/mol. The van der Waals surface area contributed by atoms with Gasteiger partial charge in [0.15, 0.2) is 0 Å². The maximum absolute atomic E-state index is 13.5. The molecule has 0 radical (unpaired) electrons. The number of halogens is 1. The van der Waals surface area contributed by atoms with E-state index in [4.69, 9.17) is 5.14 Å². The molecule has 33 heavy (non-hydrogen) atoms. The quantitative estimate of drug-likeness (QED) is 0.416. The van der Waals surface area contributed by atoms with Crippen LogP contribution in [0.5, 0.6) is 0 Å². The first-order chi connectivity index (χ1) is 15.5. The molecule has 0 aliphatic carbocycles. The summed E-state index contributed by atoms with van der Waals surface area (Å²) < 4.78 is 62.9. The van der Waals surface area contributed by atoms with Crippen molar-refractivity contribution in [3.63, 3.8) is 0 Å². The predicted octanol–water partition coefficient (Wildman–Crippen LogP) is 4.55. The highest BCUT2D eigenvalue weighted by atomic mass is 32.2. The van der Waals surface area contributed by atoms with E-state index in [1.165, 1.54) is 48.5 Å². The summed E-state index contributed by atoms with van der Waals surface area (Å²) in [5.41, 5.74) is 3.13. The molecule has 0 amide bonds. The maximum atomic E-state index is 13.5. The molecular formula is C23H19FN2O4S3.